The van der Waals surface area contributed by atoms with Crippen molar-refractivity contribution in [2.24, 2.45) is 0 Å². The van der Waals surface area contributed by atoms with E-state index < -0.39 is 5.60 Å². The van der Waals surface area contributed by atoms with Crippen LogP contribution in [-0.2, 0) is 9.53 Å². The van der Waals surface area contributed by atoms with Gasteiger partial charge in [-0.3, -0.25) is 4.79 Å². The van der Waals surface area contributed by atoms with Crippen LogP contribution in [0.25, 0.3) is 10.8 Å². The van der Waals surface area contributed by atoms with Gasteiger partial charge in [0.05, 0.1) is 6.61 Å². The Morgan fingerprint density at radius 1 is 1.08 bits per heavy atom. The molecule has 2 aromatic rings. The van der Waals surface area contributed by atoms with E-state index in [0.29, 0.717) is 6.61 Å². The Hall–Kier alpha value is -2.07. The fourth-order valence-electron chi connectivity index (χ4n) is 3.72. The fourth-order valence-corrected chi connectivity index (χ4v) is 3.72. The van der Waals surface area contributed by atoms with Crippen molar-refractivity contribution >= 4 is 22.4 Å². The van der Waals surface area contributed by atoms with Crippen molar-refractivity contribution in [3.63, 3.8) is 0 Å². The quantitative estimate of drug-likeness (QED) is 0.685. The molecule has 4 heteroatoms. The van der Waals surface area contributed by atoms with E-state index in [1.165, 1.54) is 6.42 Å². The van der Waals surface area contributed by atoms with Crippen molar-refractivity contribution in [3.05, 3.63) is 36.4 Å². The number of hydrogen-bond acceptors (Lipinski definition) is 3. The third kappa shape index (κ3) is 3.85. The Balaban J connectivity index is 1.86. The van der Waals surface area contributed by atoms with E-state index in [1.807, 2.05) is 36.4 Å². The van der Waals surface area contributed by atoms with Crippen LogP contribution < -0.4 is 10.1 Å². The maximum absolute atomic E-state index is 13.0. The van der Waals surface area contributed by atoms with Gasteiger partial charge in [-0.1, -0.05) is 56.9 Å². The van der Waals surface area contributed by atoms with E-state index in [0.717, 1.165) is 60.7 Å². The van der Waals surface area contributed by atoms with E-state index >= 15 is 0 Å². The number of fused-ring (bicyclic) bond motifs is 1. The van der Waals surface area contributed by atoms with Gasteiger partial charge in [-0.2, -0.15) is 0 Å². The van der Waals surface area contributed by atoms with E-state index in [-0.39, 0.29) is 5.91 Å². The Kier molecular flexibility index (Phi) is 6.15. The molecule has 0 spiro atoms. The summed E-state index contributed by atoms with van der Waals surface area (Å²) in [6.07, 6.45) is 6.94. The summed E-state index contributed by atoms with van der Waals surface area (Å²) < 4.78 is 11.6. The molecule has 1 aliphatic rings. The molecule has 1 fully saturated rings. The van der Waals surface area contributed by atoms with Gasteiger partial charge in [-0.25, -0.2) is 0 Å². The van der Waals surface area contributed by atoms with Crippen LogP contribution in [0.1, 0.15) is 51.9 Å². The fraction of sp³-hybridized carbons (Fsp3) is 0.500. The van der Waals surface area contributed by atoms with Crippen molar-refractivity contribution in [3.8, 4) is 5.75 Å². The smallest absolute Gasteiger partial charge is 0.256 e. The number of rotatable bonds is 7. The van der Waals surface area contributed by atoms with Crippen LogP contribution in [0.5, 0.6) is 5.75 Å². The number of amides is 1. The molecule has 0 radical (unpaired) electrons. The summed E-state index contributed by atoms with van der Waals surface area (Å²) in [5.74, 6) is 0.829. The molecule has 1 aliphatic carbocycles. The normalized spacial score (nSPS) is 16.4. The van der Waals surface area contributed by atoms with Crippen molar-refractivity contribution in [2.75, 3.05) is 19.0 Å². The number of hydrogen-bond donors (Lipinski definition) is 1. The lowest BCUT2D eigenvalue weighted by atomic mass is 9.83. The highest BCUT2D eigenvalue weighted by Crippen LogP contribution is 2.35. The zero-order chi connectivity index (χ0) is 18.4. The molecule has 3 rings (SSSR count). The van der Waals surface area contributed by atoms with E-state index in [9.17, 15) is 4.79 Å². The third-order valence-corrected chi connectivity index (χ3v) is 5.35. The topological polar surface area (TPSA) is 47.6 Å². The minimum absolute atomic E-state index is 0.0375. The Bertz CT molecular complexity index is 750. The molecular formula is C22H29NO3. The summed E-state index contributed by atoms with van der Waals surface area (Å²) in [6, 6.07) is 11.9. The van der Waals surface area contributed by atoms with Crippen molar-refractivity contribution in [2.45, 2.75) is 57.5 Å². The molecule has 140 valence electrons. The molecule has 1 saturated carbocycles. The largest absolute Gasteiger partial charge is 0.493 e. The highest BCUT2D eigenvalue weighted by Gasteiger charge is 2.39. The first-order valence-corrected chi connectivity index (χ1v) is 9.71. The SMILES string of the molecule is CCCCOc1ccc(NC(=O)C2(OC)CCCCC2)c2ccccc12. The molecule has 2 aromatic carbocycles. The second-order valence-electron chi connectivity index (χ2n) is 7.07. The van der Waals surface area contributed by atoms with Gasteiger partial charge in [0.1, 0.15) is 11.4 Å². The van der Waals surface area contributed by atoms with Crippen LogP contribution >= 0.6 is 0 Å². The molecular weight excluding hydrogens is 326 g/mol. The zero-order valence-corrected chi connectivity index (χ0v) is 15.8. The number of methoxy groups -OCH3 is 1. The van der Waals surface area contributed by atoms with Gasteiger partial charge in [0.25, 0.3) is 5.91 Å². The summed E-state index contributed by atoms with van der Waals surface area (Å²) in [6.45, 7) is 2.86. The molecule has 0 bridgehead atoms. The van der Waals surface area contributed by atoms with Crippen LogP contribution in [0, 0.1) is 0 Å². The molecule has 0 aliphatic heterocycles. The minimum atomic E-state index is -0.699. The maximum atomic E-state index is 13.0. The van der Waals surface area contributed by atoms with Gasteiger partial charge in [0, 0.05) is 23.6 Å². The van der Waals surface area contributed by atoms with Gasteiger partial charge < -0.3 is 14.8 Å². The second kappa shape index (κ2) is 8.54. The minimum Gasteiger partial charge on any atom is -0.493 e. The summed E-state index contributed by atoms with van der Waals surface area (Å²) >= 11 is 0. The molecule has 4 nitrogen and oxygen atoms in total. The van der Waals surface area contributed by atoms with Gasteiger partial charge in [0.15, 0.2) is 0 Å². The molecule has 0 atom stereocenters. The predicted molar refractivity (Wildman–Crippen MR) is 106 cm³/mol. The average molecular weight is 355 g/mol. The number of unbranched alkanes of at least 4 members (excludes halogenated alkanes) is 1. The van der Waals surface area contributed by atoms with Crippen molar-refractivity contribution in [1.29, 1.82) is 0 Å². The Morgan fingerprint density at radius 3 is 2.50 bits per heavy atom. The third-order valence-electron chi connectivity index (χ3n) is 5.35. The molecule has 1 amide bonds. The maximum Gasteiger partial charge on any atom is 0.256 e. The first-order chi connectivity index (χ1) is 12.7. The zero-order valence-electron chi connectivity index (χ0n) is 15.8. The predicted octanol–water partition coefficient (Wildman–Crippen LogP) is 5.31. The molecule has 0 saturated heterocycles. The first-order valence-electron chi connectivity index (χ1n) is 9.71. The molecule has 0 unspecified atom stereocenters. The van der Waals surface area contributed by atoms with Crippen LogP contribution in [0.15, 0.2) is 36.4 Å². The Labute approximate surface area is 155 Å². The highest BCUT2D eigenvalue weighted by atomic mass is 16.5. The van der Waals surface area contributed by atoms with Gasteiger partial charge in [-0.15, -0.1) is 0 Å². The summed E-state index contributed by atoms with van der Waals surface area (Å²) in [5.41, 5.74) is 0.116. The lowest BCUT2D eigenvalue weighted by Crippen LogP contribution is -2.46. The van der Waals surface area contributed by atoms with Crippen LogP contribution in [0.4, 0.5) is 5.69 Å². The van der Waals surface area contributed by atoms with Crippen molar-refractivity contribution in [1.82, 2.24) is 0 Å². The monoisotopic (exact) mass is 355 g/mol. The molecule has 0 heterocycles. The second-order valence-corrected chi connectivity index (χ2v) is 7.07. The van der Waals surface area contributed by atoms with Crippen LogP contribution in [0.2, 0.25) is 0 Å². The van der Waals surface area contributed by atoms with Crippen LogP contribution in [-0.4, -0.2) is 25.2 Å². The lowest BCUT2D eigenvalue weighted by molar-refractivity contribution is -0.141. The lowest BCUT2D eigenvalue weighted by Gasteiger charge is -2.34. The molecule has 0 aromatic heterocycles. The van der Waals surface area contributed by atoms with Gasteiger partial charge in [-0.05, 0) is 31.4 Å². The number of carbonyl (C=O) groups excluding carboxylic acids is 1. The average Bonchev–Trinajstić information content (AvgIpc) is 2.70. The first kappa shape index (κ1) is 18.7. The van der Waals surface area contributed by atoms with E-state index in [4.69, 9.17) is 9.47 Å². The standard InChI is InChI=1S/C22H29NO3/c1-3-4-16-26-20-13-12-19(17-10-6-7-11-18(17)20)23-21(24)22(25-2)14-8-5-9-15-22/h6-7,10-13H,3-5,8-9,14-16H2,1-2H3,(H,23,24). The van der Waals surface area contributed by atoms with E-state index in [2.05, 4.69) is 12.2 Å². The molecule has 1 N–H and O–H groups in total. The summed E-state index contributed by atoms with van der Waals surface area (Å²) in [7, 11) is 1.65. The Morgan fingerprint density at radius 2 is 1.81 bits per heavy atom. The summed E-state index contributed by atoms with van der Waals surface area (Å²) in [4.78, 5) is 13.0. The highest BCUT2D eigenvalue weighted by molar-refractivity contribution is 6.06. The van der Waals surface area contributed by atoms with Gasteiger partial charge >= 0.3 is 0 Å². The number of ether oxygens (including phenoxy) is 2. The van der Waals surface area contributed by atoms with E-state index in [1.54, 1.807) is 7.11 Å². The number of benzene rings is 2. The summed E-state index contributed by atoms with van der Waals surface area (Å²) in [5, 5.41) is 5.14. The number of carbonyl (C=O) groups is 1. The number of anilines is 1. The number of nitrogens with one attached hydrogen (secondary N) is 1. The molecule has 26 heavy (non-hydrogen) atoms. The van der Waals surface area contributed by atoms with Crippen molar-refractivity contribution < 1.29 is 14.3 Å². The van der Waals surface area contributed by atoms with Crippen LogP contribution in [0.3, 0.4) is 0 Å². The van der Waals surface area contributed by atoms with Gasteiger partial charge in [0.2, 0.25) is 0 Å².